The van der Waals surface area contributed by atoms with Crippen molar-refractivity contribution in [1.82, 2.24) is 14.9 Å². The number of thiazole rings is 1. The Labute approximate surface area is 138 Å². The number of aryl methyl sites for hydroxylation is 1. The summed E-state index contributed by atoms with van der Waals surface area (Å²) in [5.41, 5.74) is 1.49. The van der Waals surface area contributed by atoms with Crippen LogP contribution in [0.1, 0.15) is 20.9 Å². The molecule has 3 rings (SSSR count). The van der Waals surface area contributed by atoms with E-state index in [0.717, 1.165) is 21.3 Å². The van der Waals surface area contributed by atoms with Gasteiger partial charge in [-0.2, -0.15) is 0 Å². The van der Waals surface area contributed by atoms with Crippen molar-refractivity contribution < 1.29 is 9.53 Å². The Morgan fingerprint density at radius 1 is 1.26 bits per heavy atom. The molecule has 0 fully saturated rings. The number of carbonyl (C=O) groups excluding carboxylic acids is 1. The maximum absolute atomic E-state index is 12.3. The van der Waals surface area contributed by atoms with E-state index in [1.54, 1.807) is 7.11 Å². The molecule has 0 radical (unpaired) electrons. The molecule has 1 amide bonds. The fraction of sp³-hybridized carbons (Fsp3) is 0.176. The molecule has 23 heavy (non-hydrogen) atoms. The van der Waals surface area contributed by atoms with E-state index in [1.807, 2.05) is 60.3 Å². The van der Waals surface area contributed by atoms with Crippen LogP contribution < -0.4 is 10.1 Å². The first kappa shape index (κ1) is 15.3. The normalized spacial score (nSPS) is 10.5. The highest BCUT2D eigenvalue weighted by Gasteiger charge is 2.15. The van der Waals surface area contributed by atoms with Gasteiger partial charge in [-0.1, -0.05) is 12.1 Å². The molecule has 0 saturated heterocycles. The number of carbonyl (C=O) groups is 1. The van der Waals surface area contributed by atoms with E-state index < -0.39 is 0 Å². The summed E-state index contributed by atoms with van der Waals surface area (Å²) < 4.78 is 7.02. The SMILES string of the molecule is COc1ccc(CNC(=O)c2nc(-n3cccc3)sc2C)cc1. The third-order valence-corrected chi connectivity index (χ3v) is 4.42. The van der Waals surface area contributed by atoms with Gasteiger partial charge in [0.05, 0.1) is 7.11 Å². The topological polar surface area (TPSA) is 56.1 Å². The monoisotopic (exact) mass is 327 g/mol. The number of nitrogens with zero attached hydrogens (tertiary/aromatic N) is 2. The van der Waals surface area contributed by atoms with Crippen LogP contribution in [0.4, 0.5) is 0 Å². The number of rotatable bonds is 5. The van der Waals surface area contributed by atoms with Crippen molar-refractivity contribution in [3.05, 3.63) is 64.9 Å². The van der Waals surface area contributed by atoms with Gasteiger partial charge in [0.1, 0.15) is 11.4 Å². The average Bonchev–Trinajstić information content (AvgIpc) is 3.22. The molecule has 0 unspecified atom stereocenters. The Hall–Kier alpha value is -2.60. The van der Waals surface area contributed by atoms with Gasteiger partial charge in [-0.3, -0.25) is 4.79 Å². The van der Waals surface area contributed by atoms with Crippen molar-refractivity contribution in [1.29, 1.82) is 0 Å². The van der Waals surface area contributed by atoms with Crippen molar-refractivity contribution >= 4 is 17.2 Å². The van der Waals surface area contributed by atoms with E-state index in [2.05, 4.69) is 10.3 Å². The van der Waals surface area contributed by atoms with Crippen molar-refractivity contribution in [2.45, 2.75) is 13.5 Å². The summed E-state index contributed by atoms with van der Waals surface area (Å²) in [6, 6.07) is 11.5. The predicted molar refractivity (Wildman–Crippen MR) is 90.3 cm³/mol. The van der Waals surface area contributed by atoms with E-state index in [4.69, 9.17) is 4.74 Å². The summed E-state index contributed by atoms with van der Waals surface area (Å²) in [6.45, 7) is 2.37. The Morgan fingerprint density at radius 2 is 1.96 bits per heavy atom. The first-order chi connectivity index (χ1) is 11.2. The van der Waals surface area contributed by atoms with Crippen LogP contribution in [-0.4, -0.2) is 22.6 Å². The summed E-state index contributed by atoms with van der Waals surface area (Å²) in [5, 5.41) is 3.70. The second-order valence-corrected chi connectivity index (χ2v) is 6.20. The number of aromatic nitrogens is 2. The molecule has 0 aliphatic rings. The van der Waals surface area contributed by atoms with Gasteiger partial charge in [0.15, 0.2) is 5.13 Å². The van der Waals surface area contributed by atoms with Gasteiger partial charge in [0, 0.05) is 23.8 Å². The smallest absolute Gasteiger partial charge is 0.271 e. The quantitative estimate of drug-likeness (QED) is 0.783. The van der Waals surface area contributed by atoms with Crippen LogP contribution in [-0.2, 0) is 6.54 Å². The molecular weight excluding hydrogens is 310 g/mol. The Bertz CT molecular complexity index is 792. The van der Waals surface area contributed by atoms with Gasteiger partial charge in [-0.25, -0.2) is 4.98 Å². The predicted octanol–water partition coefficient (Wildman–Crippen LogP) is 3.18. The zero-order chi connectivity index (χ0) is 16.2. The fourth-order valence-electron chi connectivity index (χ4n) is 2.18. The minimum absolute atomic E-state index is 0.159. The molecule has 3 aromatic rings. The maximum Gasteiger partial charge on any atom is 0.271 e. The lowest BCUT2D eigenvalue weighted by atomic mass is 10.2. The third kappa shape index (κ3) is 3.43. The number of hydrogen-bond acceptors (Lipinski definition) is 4. The second kappa shape index (κ2) is 6.66. The molecule has 118 valence electrons. The van der Waals surface area contributed by atoms with E-state index in [0.29, 0.717) is 12.2 Å². The molecule has 0 aliphatic heterocycles. The molecule has 0 atom stereocenters. The minimum Gasteiger partial charge on any atom is -0.497 e. The van der Waals surface area contributed by atoms with Crippen molar-refractivity contribution in [2.75, 3.05) is 7.11 Å². The molecule has 0 saturated carbocycles. The van der Waals surface area contributed by atoms with Gasteiger partial charge in [-0.05, 0) is 36.8 Å². The molecule has 5 nitrogen and oxygen atoms in total. The summed E-state index contributed by atoms with van der Waals surface area (Å²) in [4.78, 5) is 17.7. The lowest BCUT2D eigenvalue weighted by Gasteiger charge is -2.05. The summed E-state index contributed by atoms with van der Waals surface area (Å²) >= 11 is 1.50. The Kier molecular flexibility index (Phi) is 4.43. The van der Waals surface area contributed by atoms with Gasteiger partial charge < -0.3 is 14.6 Å². The molecule has 0 bridgehead atoms. The Balaban J connectivity index is 1.68. The molecule has 1 aromatic carbocycles. The van der Waals surface area contributed by atoms with E-state index in [9.17, 15) is 4.79 Å². The standard InChI is InChI=1S/C17H17N3O2S/c1-12-15(19-17(23-12)20-9-3-4-10-20)16(21)18-11-13-5-7-14(22-2)8-6-13/h3-10H,11H2,1-2H3,(H,18,21). The number of methoxy groups -OCH3 is 1. The minimum atomic E-state index is -0.159. The van der Waals surface area contributed by atoms with Crippen molar-refractivity contribution in [3.8, 4) is 10.9 Å². The molecule has 2 heterocycles. The molecule has 0 spiro atoms. The average molecular weight is 327 g/mol. The first-order valence-corrected chi connectivity index (χ1v) is 8.01. The molecule has 0 aliphatic carbocycles. The Morgan fingerprint density at radius 3 is 2.61 bits per heavy atom. The van der Waals surface area contributed by atoms with Crippen LogP contribution in [0.15, 0.2) is 48.8 Å². The highest BCUT2D eigenvalue weighted by molar-refractivity contribution is 7.14. The zero-order valence-corrected chi connectivity index (χ0v) is 13.8. The van der Waals surface area contributed by atoms with Gasteiger partial charge in [0.2, 0.25) is 0 Å². The van der Waals surface area contributed by atoms with Gasteiger partial charge in [0.25, 0.3) is 5.91 Å². The van der Waals surface area contributed by atoms with E-state index in [-0.39, 0.29) is 5.91 Å². The largest absolute Gasteiger partial charge is 0.497 e. The third-order valence-electron chi connectivity index (χ3n) is 3.44. The van der Waals surface area contributed by atoms with Crippen LogP contribution >= 0.6 is 11.3 Å². The fourth-order valence-corrected chi connectivity index (χ4v) is 3.05. The van der Waals surface area contributed by atoms with E-state index in [1.165, 1.54) is 11.3 Å². The van der Waals surface area contributed by atoms with Gasteiger partial charge >= 0.3 is 0 Å². The van der Waals surface area contributed by atoms with Gasteiger partial charge in [-0.15, -0.1) is 11.3 Å². The van der Waals surface area contributed by atoms with E-state index >= 15 is 0 Å². The summed E-state index contributed by atoms with van der Waals surface area (Å²) in [6.07, 6.45) is 3.83. The lowest BCUT2D eigenvalue weighted by molar-refractivity contribution is 0.0946. The highest BCUT2D eigenvalue weighted by atomic mass is 32.1. The maximum atomic E-state index is 12.3. The summed E-state index contributed by atoms with van der Waals surface area (Å²) in [7, 11) is 1.63. The molecule has 1 N–H and O–H groups in total. The van der Waals surface area contributed by atoms with Crippen LogP contribution in [0.2, 0.25) is 0 Å². The zero-order valence-electron chi connectivity index (χ0n) is 12.9. The van der Waals surface area contributed by atoms with Crippen LogP contribution in [0.5, 0.6) is 5.75 Å². The summed E-state index contributed by atoms with van der Waals surface area (Å²) in [5.74, 6) is 0.639. The van der Waals surface area contributed by atoms with Crippen LogP contribution in [0, 0.1) is 6.92 Å². The number of ether oxygens (including phenoxy) is 1. The molecule has 2 aromatic heterocycles. The molecule has 6 heteroatoms. The highest BCUT2D eigenvalue weighted by Crippen LogP contribution is 2.21. The van der Waals surface area contributed by atoms with Crippen LogP contribution in [0.3, 0.4) is 0 Å². The molecular formula is C17H17N3O2S. The number of nitrogens with one attached hydrogen (secondary N) is 1. The number of hydrogen-bond donors (Lipinski definition) is 1. The number of benzene rings is 1. The number of amides is 1. The van der Waals surface area contributed by atoms with Crippen molar-refractivity contribution in [2.24, 2.45) is 0 Å². The first-order valence-electron chi connectivity index (χ1n) is 7.19. The second-order valence-electron chi connectivity index (χ2n) is 5.02. The lowest BCUT2D eigenvalue weighted by Crippen LogP contribution is -2.23. The van der Waals surface area contributed by atoms with Crippen LogP contribution in [0.25, 0.3) is 5.13 Å². The van der Waals surface area contributed by atoms with Crippen molar-refractivity contribution in [3.63, 3.8) is 0 Å².